The van der Waals surface area contributed by atoms with Gasteiger partial charge in [-0.1, -0.05) is 49.4 Å². The number of oxazole rings is 1. The van der Waals surface area contributed by atoms with Gasteiger partial charge in [-0.15, -0.1) is 0 Å². The Balaban J connectivity index is 1.58. The summed E-state index contributed by atoms with van der Waals surface area (Å²) < 4.78 is 47.6. The fourth-order valence-electron chi connectivity index (χ4n) is 4.54. The van der Waals surface area contributed by atoms with Crippen molar-refractivity contribution in [3.63, 3.8) is 0 Å². The molecule has 2 aliphatic heterocycles. The van der Waals surface area contributed by atoms with Gasteiger partial charge < -0.3 is 9.73 Å². The predicted molar refractivity (Wildman–Crippen MR) is 112 cm³/mol. The molecule has 3 atom stereocenters. The molecule has 166 valence electrons. The van der Waals surface area contributed by atoms with E-state index < -0.39 is 30.2 Å². The number of benzene rings is 2. The van der Waals surface area contributed by atoms with Crippen LogP contribution in [0, 0.1) is 0 Å². The second kappa shape index (κ2) is 7.37. The average molecular weight is 442 g/mol. The van der Waals surface area contributed by atoms with E-state index in [0.29, 0.717) is 22.4 Å². The van der Waals surface area contributed by atoms with Crippen LogP contribution in [0.25, 0.3) is 16.7 Å². The summed E-state index contributed by atoms with van der Waals surface area (Å²) in [5.74, 6) is -1.54. The summed E-state index contributed by atoms with van der Waals surface area (Å²) in [6, 6.07) is 12.0. The van der Waals surface area contributed by atoms with Crippen LogP contribution in [-0.4, -0.2) is 34.3 Å². The summed E-state index contributed by atoms with van der Waals surface area (Å²) in [6.45, 7) is 3.64. The first kappa shape index (κ1) is 20.6. The number of halogens is 3. The van der Waals surface area contributed by atoms with Crippen molar-refractivity contribution in [3.8, 4) is 0 Å². The van der Waals surface area contributed by atoms with Gasteiger partial charge in [0.2, 0.25) is 5.89 Å². The van der Waals surface area contributed by atoms with Crippen LogP contribution in [0.3, 0.4) is 0 Å². The number of aromatic nitrogens is 1. The molecule has 0 spiro atoms. The Morgan fingerprint density at radius 3 is 2.56 bits per heavy atom. The highest BCUT2D eigenvalue weighted by atomic mass is 19.4. The lowest BCUT2D eigenvalue weighted by atomic mass is 9.89. The monoisotopic (exact) mass is 442 g/mol. The van der Waals surface area contributed by atoms with Crippen LogP contribution in [0.5, 0.6) is 0 Å². The molecule has 0 aliphatic carbocycles. The number of hydrazine groups is 1. The van der Waals surface area contributed by atoms with Crippen molar-refractivity contribution in [2.75, 3.05) is 0 Å². The number of carbonyl (C=O) groups excluding carboxylic acids is 1. The highest BCUT2D eigenvalue weighted by molar-refractivity contribution is 6.20. The number of nitrogens with one attached hydrogen (secondary N) is 2. The molecule has 3 heterocycles. The van der Waals surface area contributed by atoms with Crippen LogP contribution in [0.15, 0.2) is 58.6 Å². The number of fused-ring (bicyclic) bond motifs is 2. The maximum Gasteiger partial charge on any atom is 0.406 e. The van der Waals surface area contributed by atoms with Crippen molar-refractivity contribution >= 4 is 22.6 Å². The van der Waals surface area contributed by atoms with Gasteiger partial charge >= 0.3 is 6.18 Å². The predicted octanol–water partition coefficient (Wildman–Crippen LogP) is 4.11. The zero-order valence-electron chi connectivity index (χ0n) is 17.4. The Morgan fingerprint density at radius 2 is 1.88 bits per heavy atom. The number of para-hydroxylation sites is 1. The Bertz CT molecular complexity index is 1220. The van der Waals surface area contributed by atoms with Crippen LogP contribution in [-0.2, 0) is 11.2 Å². The van der Waals surface area contributed by atoms with Crippen LogP contribution >= 0.6 is 0 Å². The van der Waals surface area contributed by atoms with Crippen molar-refractivity contribution in [1.29, 1.82) is 0 Å². The molecular formula is C23H21F3N4O2. The van der Waals surface area contributed by atoms with Gasteiger partial charge in [0.15, 0.2) is 5.58 Å². The third kappa shape index (κ3) is 3.15. The maximum atomic E-state index is 13.9. The maximum absolute atomic E-state index is 13.9. The quantitative estimate of drug-likeness (QED) is 0.639. The third-order valence-corrected chi connectivity index (χ3v) is 6.06. The highest BCUT2D eigenvalue weighted by Gasteiger charge is 2.58. The Morgan fingerprint density at radius 1 is 1.12 bits per heavy atom. The van der Waals surface area contributed by atoms with E-state index >= 15 is 0 Å². The Kier molecular flexibility index (Phi) is 4.74. The highest BCUT2D eigenvalue weighted by Crippen LogP contribution is 2.42. The number of hydrogen-bond acceptors (Lipinski definition) is 5. The summed E-state index contributed by atoms with van der Waals surface area (Å²) in [6.07, 6.45) is -4.73. The first-order chi connectivity index (χ1) is 15.3. The van der Waals surface area contributed by atoms with Crippen molar-refractivity contribution in [3.05, 3.63) is 71.2 Å². The van der Waals surface area contributed by atoms with Gasteiger partial charge in [-0.3, -0.25) is 4.79 Å². The standard InChI is InChI=1S/C23H21F3N4O2/c1-3-13-10-7-11-15-18(13)28-21(32-15)16-12(2)27-20-17(14-8-5-4-6-9-14)19(23(24,25)26)29-30(20)22(16)31/h4-11,17,19-20,27,29H,3H2,1-2H3. The fourth-order valence-corrected chi connectivity index (χ4v) is 4.54. The van der Waals surface area contributed by atoms with Crippen molar-refractivity contribution in [2.24, 2.45) is 0 Å². The second-order valence-corrected chi connectivity index (χ2v) is 7.99. The van der Waals surface area contributed by atoms with Crippen molar-refractivity contribution < 1.29 is 22.4 Å². The number of carbonyl (C=O) groups is 1. The number of nitrogens with zero attached hydrogens (tertiary/aromatic N) is 2. The summed E-state index contributed by atoms with van der Waals surface area (Å²) in [5, 5.41) is 4.12. The van der Waals surface area contributed by atoms with E-state index in [4.69, 9.17) is 4.42 Å². The molecule has 1 saturated heterocycles. The van der Waals surface area contributed by atoms with Crippen LogP contribution < -0.4 is 10.7 Å². The van der Waals surface area contributed by atoms with E-state index in [1.807, 2.05) is 19.1 Å². The number of amides is 1. The SMILES string of the molecule is CCc1cccc2oc(C3=C(C)NC4C(c5ccccc5)C(C(F)(F)F)NN4C3=O)nc12. The molecule has 1 amide bonds. The first-order valence-corrected chi connectivity index (χ1v) is 10.4. The molecule has 3 aromatic rings. The van der Waals surface area contributed by atoms with E-state index in [1.54, 1.807) is 43.3 Å². The molecule has 2 aromatic carbocycles. The minimum atomic E-state index is -4.55. The van der Waals surface area contributed by atoms with Gasteiger partial charge in [-0.05, 0) is 30.5 Å². The topological polar surface area (TPSA) is 70.4 Å². The summed E-state index contributed by atoms with van der Waals surface area (Å²) in [4.78, 5) is 17.9. The van der Waals surface area contributed by atoms with E-state index in [2.05, 4.69) is 15.7 Å². The number of alkyl halides is 3. The first-order valence-electron chi connectivity index (χ1n) is 10.4. The lowest BCUT2D eigenvalue weighted by molar-refractivity contribution is -0.161. The molecular weight excluding hydrogens is 421 g/mol. The zero-order chi connectivity index (χ0) is 22.6. The number of rotatable bonds is 3. The third-order valence-electron chi connectivity index (χ3n) is 6.06. The zero-order valence-corrected chi connectivity index (χ0v) is 17.4. The van der Waals surface area contributed by atoms with E-state index in [-0.39, 0.29) is 11.5 Å². The van der Waals surface area contributed by atoms with Crippen LogP contribution in [0.2, 0.25) is 0 Å². The van der Waals surface area contributed by atoms with Gasteiger partial charge in [0, 0.05) is 5.70 Å². The number of hydrogen-bond donors (Lipinski definition) is 2. The molecule has 32 heavy (non-hydrogen) atoms. The molecule has 0 saturated carbocycles. The second-order valence-electron chi connectivity index (χ2n) is 7.99. The van der Waals surface area contributed by atoms with Gasteiger partial charge in [-0.25, -0.2) is 15.4 Å². The van der Waals surface area contributed by atoms with Gasteiger partial charge in [0.05, 0.1) is 5.92 Å². The Labute approximate surface area is 182 Å². The summed E-state index contributed by atoms with van der Waals surface area (Å²) in [5.41, 5.74) is 5.56. The van der Waals surface area contributed by atoms with Gasteiger partial charge in [0.1, 0.15) is 23.3 Å². The molecule has 5 rings (SSSR count). The van der Waals surface area contributed by atoms with Crippen molar-refractivity contribution in [1.82, 2.24) is 20.7 Å². The van der Waals surface area contributed by atoms with E-state index in [9.17, 15) is 18.0 Å². The molecule has 2 N–H and O–H groups in total. The Hall–Kier alpha value is -3.33. The molecule has 1 aromatic heterocycles. The van der Waals surface area contributed by atoms with Gasteiger partial charge in [-0.2, -0.15) is 13.2 Å². The molecule has 0 bridgehead atoms. The molecule has 3 unspecified atom stereocenters. The molecule has 0 radical (unpaired) electrons. The lowest BCUT2D eigenvalue weighted by Crippen LogP contribution is -2.54. The molecule has 2 aliphatic rings. The van der Waals surface area contributed by atoms with Crippen LogP contribution in [0.4, 0.5) is 13.2 Å². The minimum absolute atomic E-state index is 0.0860. The summed E-state index contributed by atoms with van der Waals surface area (Å²) >= 11 is 0. The normalized spacial score (nSPS) is 23.6. The van der Waals surface area contributed by atoms with Gasteiger partial charge in [0.25, 0.3) is 5.91 Å². The van der Waals surface area contributed by atoms with E-state index in [1.165, 1.54) is 0 Å². The molecule has 6 nitrogen and oxygen atoms in total. The van der Waals surface area contributed by atoms with Crippen LogP contribution in [0.1, 0.15) is 36.8 Å². The summed E-state index contributed by atoms with van der Waals surface area (Å²) in [7, 11) is 0. The smallest absolute Gasteiger partial charge is 0.406 e. The molecule has 1 fully saturated rings. The minimum Gasteiger partial charge on any atom is -0.436 e. The van der Waals surface area contributed by atoms with Crippen molar-refractivity contribution in [2.45, 2.75) is 44.6 Å². The molecule has 9 heteroatoms. The lowest BCUT2D eigenvalue weighted by Gasteiger charge is -2.34. The average Bonchev–Trinajstić information content (AvgIpc) is 3.36. The van der Waals surface area contributed by atoms with E-state index in [0.717, 1.165) is 17.0 Å². The largest absolute Gasteiger partial charge is 0.436 e. The fraction of sp³-hybridized carbons (Fsp3) is 0.304. The number of aryl methyl sites for hydroxylation is 1. The number of allylic oxidation sites excluding steroid dienone is 1.